The molecule has 0 aromatic heterocycles. The smallest absolute Gasteiger partial charge is 0.00922 e. The van der Waals surface area contributed by atoms with E-state index in [1.165, 1.54) is 6.42 Å². The van der Waals surface area contributed by atoms with Crippen molar-refractivity contribution >= 4 is 0 Å². The second-order valence-corrected chi connectivity index (χ2v) is 5.17. The highest BCUT2D eigenvalue weighted by Gasteiger charge is 2.47. The van der Waals surface area contributed by atoms with Crippen LogP contribution in [-0.4, -0.2) is 0 Å². The lowest BCUT2D eigenvalue weighted by Crippen LogP contribution is -2.46. The molecule has 0 radical (unpaired) electrons. The zero-order valence-electron chi connectivity index (χ0n) is 8.67. The maximum Gasteiger partial charge on any atom is -0.00922 e. The minimum atomic E-state index is 0.494. The highest BCUT2D eigenvalue weighted by Crippen LogP contribution is 2.55. The molecule has 2 bridgehead atoms. The fraction of sp³-hybridized carbons (Fsp3) is 0.833. The Labute approximate surface area is 76.1 Å². The average Bonchev–Trinajstić information content (AvgIpc) is 2.04. The molecule has 0 amide bonds. The van der Waals surface area contributed by atoms with E-state index in [1.54, 1.807) is 0 Å². The van der Waals surface area contributed by atoms with E-state index in [4.69, 9.17) is 0 Å². The molecule has 3 aliphatic rings. The van der Waals surface area contributed by atoms with Crippen molar-refractivity contribution in [3.05, 3.63) is 12.2 Å². The second kappa shape index (κ2) is 2.37. The lowest BCUT2D eigenvalue weighted by molar-refractivity contribution is 0.0210. The van der Waals surface area contributed by atoms with E-state index in [9.17, 15) is 0 Å². The van der Waals surface area contributed by atoms with Crippen LogP contribution in [0.3, 0.4) is 0 Å². The number of hydrogen-bond acceptors (Lipinski definition) is 0. The van der Waals surface area contributed by atoms with E-state index in [1.807, 2.05) is 0 Å². The molecule has 12 heavy (non-hydrogen) atoms. The summed E-state index contributed by atoms with van der Waals surface area (Å²) < 4.78 is 0. The van der Waals surface area contributed by atoms with Gasteiger partial charge in [0, 0.05) is 0 Å². The maximum atomic E-state index is 2.48. The third kappa shape index (κ3) is 0.841. The van der Waals surface area contributed by atoms with Gasteiger partial charge in [-0.05, 0) is 35.5 Å². The van der Waals surface area contributed by atoms with Crippen LogP contribution >= 0.6 is 0 Å². The minimum Gasteiger partial charge on any atom is -0.0846 e. The van der Waals surface area contributed by atoms with Gasteiger partial charge in [-0.3, -0.25) is 0 Å². The molecule has 3 rings (SSSR count). The van der Waals surface area contributed by atoms with Crippen LogP contribution in [0.5, 0.6) is 0 Å². The first kappa shape index (κ1) is 8.34. The molecule has 5 atom stereocenters. The van der Waals surface area contributed by atoms with E-state index in [0.717, 1.165) is 23.7 Å². The first-order valence-corrected chi connectivity index (χ1v) is 5.25. The lowest BCUT2D eigenvalue weighted by Gasteiger charge is -2.53. The highest BCUT2D eigenvalue weighted by atomic mass is 14.5. The summed E-state index contributed by atoms with van der Waals surface area (Å²) in [7, 11) is 0. The molecule has 1 fully saturated rings. The van der Waals surface area contributed by atoms with Crippen molar-refractivity contribution in [3.8, 4) is 0 Å². The molecule has 0 aromatic carbocycles. The predicted octanol–water partition coefficient (Wildman–Crippen LogP) is 3.49. The molecular weight excluding hydrogens is 144 g/mol. The van der Waals surface area contributed by atoms with Crippen molar-refractivity contribution in [2.75, 3.05) is 0 Å². The van der Waals surface area contributed by atoms with Gasteiger partial charge in [0.15, 0.2) is 0 Å². The highest BCUT2D eigenvalue weighted by molar-refractivity contribution is 5.16. The number of fused-ring (bicyclic) bond motifs is 2. The monoisotopic (exact) mass is 164 g/mol. The second-order valence-electron chi connectivity index (χ2n) is 5.17. The van der Waals surface area contributed by atoms with Gasteiger partial charge in [-0.2, -0.15) is 0 Å². The molecule has 5 unspecified atom stereocenters. The van der Waals surface area contributed by atoms with Crippen molar-refractivity contribution in [2.24, 2.45) is 29.1 Å². The first-order valence-electron chi connectivity index (χ1n) is 5.25. The van der Waals surface area contributed by atoms with Crippen LogP contribution in [0.15, 0.2) is 12.2 Å². The van der Waals surface area contributed by atoms with Crippen molar-refractivity contribution in [2.45, 2.75) is 34.1 Å². The molecule has 1 saturated carbocycles. The van der Waals surface area contributed by atoms with Gasteiger partial charge in [0.25, 0.3) is 0 Å². The third-order valence-corrected chi connectivity index (χ3v) is 4.84. The standard InChI is InChI=1S/C12H20/c1-8-7-11-5-6-12(8,4)10(3)9(11)2/h5-6,8-11H,7H2,1-4H3. The van der Waals surface area contributed by atoms with Gasteiger partial charge < -0.3 is 0 Å². The van der Waals surface area contributed by atoms with Gasteiger partial charge >= 0.3 is 0 Å². The predicted molar refractivity (Wildman–Crippen MR) is 52.8 cm³/mol. The molecule has 0 aromatic rings. The van der Waals surface area contributed by atoms with Crippen LogP contribution in [0.4, 0.5) is 0 Å². The summed E-state index contributed by atoms with van der Waals surface area (Å²) in [5.41, 5.74) is 0.494. The maximum absolute atomic E-state index is 2.48. The quantitative estimate of drug-likeness (QED) is 0.481. The van der Waals surface area contributed by atoms with E-state index in [-0.39, 0.29) is 0 Å². The summed E-state index contributed by atoms with van der Waals surface area (Å²) in [6.45, 7) is 9.70. The molecular formula is C12H20. The number of allylic oxidation sites excluding steroid dienone is 2. The van der Waals surface area contributed by atoms with Gasteiger partial charge in [0.2, 0.25) is 0 Å². The molecule has 0 nitrogen and oxygen atoms in total. The van der Waals surface area contributed by atoms with E-state index < -0.39 is 0 Å². The summed E-state index contributed by atoms with van der Waals surface area (Å²) in [4.78, 5) is 0. The van der Waals surface area contributed by atoms with Gasteiger partial charge in [0.05, 0.1) is 0 Å². The summed E-state index contributed by atoms with van der Waals surface area (Å²) in [5.74, 6) is 3.53. The number of hydrogen-bond donors (Lipinski definition) is 0. The van der Waals surface area contributed by atoms with Crippen LogP contribution < -0.4 is 0 Å². The van der Waals surface area contributed by atoms with E-state index >= 15 is 0 Å². The van der Waals surface area contributed by atoms with Gasteiger partial charge in [-0.25, -0.2) is 0 Å². The fourth-order valence-corrected chi connectivity index (χ4v) is 3.16. The van der Waals surface area contributed by atoms with E-state index in [2.05, 4.69) is 39.8 Å². The van der Waals surface area contributed by atoms with Crippen molar-refractivity contribution in [3.63, 3.8) is 0 Å². The van der Waals surface area contributed by atoms with Gasteiger partial charge in [-0.15, -0.1) is 0 Å². The van der Waals surface area contributed by atoms with Crippen molar-refractivity contribution in [1.29, 1.82) is 0 Å². The van der Waals surface area contributed by atoms with Crippen LogP contribution in [0, 0.1) is 29.1 Å². The summed E-state index contributed by atoms with van der Waals surface area (Å²) >= 11 is 0. The Kier molecular flexibility index (Phi) is 1.65. The Morgan fingerprint density at radius 1 is 1.25 bits per heavy atom. The van der Waals surface area contributed by atoms with E-state index in [0.29, 0.717) is 5.41 Å². The van der Waals surface area contributed by atoms with Crippen LogP contribution in [0.2, 0.25) is 0 Å². The zero-order chi connectivity index (χ0) is 8.93. The van der Waals surface area contributed by atoms with Crippen LogP contribution in [0.1, 0.15) is 34.1 Å². The molecule has 0 N–H and O–H groups in total. The molecule has 0 heteroatoms. The van der Waals surface area contributed by atoms with Crippen LogP contribution in [0.25, 0.3) is 0 Å². The normalized spacial score (nSPS) is 57.7. The average molecular weight is 164 g/mol. The SMILES string of the molecule is CC1C2C=CC(C)(C(C)C2)C1C. The third-order valence-electron chi connectivity index (χ3n) is 4.84. The lowest BCUT2D eigenvalue weighted by atomic mass is 9.52. The van der Waals surface area contributed by atoms with Crippen molar-refractivity contribution < 1.29 is 0 Å². The molecule has 68 valence electrons. The number of rotatable bonds is 0. The largest absolute Gasteiger partial charge is 0.0846 e. The topological polar surface area (TPSA) is 0 Å². The molecule has 0 saturated heterocycles. The Morgan fingerprint density at radius 3 is 2.42 bits per heavy atom. The van der Waals surface area contributed by atoms with Gasteiger partial charge in [0.1, 0.15) is 0 Å². The Morgan fingerprint density at radius 2 is 1.92 bits per heavy atom. The molecule has 3 aliphatic carbocycles. The molecule has 0 spiro atoms. The Hall–Kier alpha value is -0.260. The minimum absolute atomic E-state index is 0.494. The fourth-order valence-electron chi connectivity index (χ4n) is 3.16. The molecule has 0 aliphatic heterocycles. The zero-order valence-corrected chi connectivity index (χ0v) is 8.67. The Bertz CT molecular complexity index is 216. The summed E-state index contributed by atoms with van der Waals surface area (Å²) in [6.07, 6.45) is 6.36. The van der Waals surface area contributed by atoms with Gasteiger partial charge in [-0.1, -0.05) is 39.8 Å². The first-order chi connectivity index (χ1) is 5.55. The Balaban J connectivity index is 2.39. The molecule has 0 heterocycles. The summed E-state index contributed by atoms with van der Waals surface area (Å²) in [6, 6.07) is 0. The summed E-state index contributed by atoms with van der Waals surface area (Å²) in [5, 5.41) is 0. The van der Waals surface area contributed by atoms with Crippen LogP contribution in [-0.2, 0) is 0 Å². The van der Waals surface area contributed by atoms with Crippen molar-refractivity contribution in [1.82, 2.24) is 0 Å².